The number of carbonyl (C=O) groups excluding carboxylic acids is 1. The van der Waals surface area contributed by atoms with Gasteiger partial charge in [-0.05, 0) is 31.0 Å². The van der Waals surface area contributed by atoms with Crippen LogP contribution in [0.15, 0.2) is 40.9 Å². The van der Waals surface area contributed by atoms with Gasteiger partial charge in [0.15, 0.2) is 17.3 Å². The molecule has 9 heteroatoms. The normalized spacial score (nSPS) is 14.6. The molecule has 1 fully saturated rings. The zero-order valence-electron chi connectivity index (χ0n) is 16.3. The second kappa shape index (κ2) is 8.26. The van der Waals surface area contributed by atoms with Gasteiger partial charge in [0.2, 0.25) is 5.89 Å². The van der Waals surface area contributed by atoms with Crippen LogP contribution in [0.3, 0.4) is 0 Å². The highest BCUT2D eigenvalue weighted by molar-refractivity contribution is 5.92. The van der Waals surface area contributed by atoms with E-state index in [9.17, 15) is 4.79 Å². The number of nitrogens with zero attached hydrogens (tertiary/aromatic N) is 5. The fourth-order valence-corrected chi connectivity index (χ4v) is 3.38. The van der Waals surface area contributed by atoms with Crippen LogP contribution in [0.2, 0.25) is 0 Å². The zero-order valence-corrected chi connectivity index (χ0v) is 16.3. The smallest absolute Gasteiger partial charge is 0.272 e. The van der Waals surface area contributed by atoms with Crippen molar-refractivity contribution in [2.75, 3.05) is 25.1 Å². The van der Waals surface area contributed by atoms with Gasteiger partial charge in [-0.1, -0.05) is 23.4 Å². The lowest BCUT2D eigenvalue weighted by molar-refractivity contribution is 0.0934. The van der Waals surface area contributed by atoms with Crippen LogP contribution >= 0.6 is 0 Å². The molecule has 0 radical (unpaired) electrons. The lowest BCUT2D eigenvalue weighted by Crippen LogP contribution is -2.31. The number of para-hydroxylation sites is 1. The third-order valence-corrected chi connectivity index (χ3v) is 4.84. The van der Waals surface area contributed by atoms with E-state index in [2.05, 4.69) is 30.6 Å². The van der Waals surface area contributed by atoms with Crippen LogP contribution in [-0.2, 0) is 0 Å². The highest BCUT2D eigenvalue weighted by Gasteiger charge is 2.26. The summed E-state index contributed by atoms with van der Waals surface area (Å²) in [5.74, 6) is 1.75. The van der Waals surface area contributed by atoms with Gasteiger partial charge in [-0.2, -0.15) is 4.98 Å². The number of ether oxygens (including phenoxy) is 1. The Labute approximate surface area is 168 Å². The number of carbonyl (C=O) groups is 1. The SMILES string of the molecule is COc1ccccc1C(NC(=O)c1ccc(N2CCCC2)nn1)c1noc(C)n1. The Bertz CT molecular complexity index is 982. The number of anilines is 1. The van der Waals surface area contributed by atoms with Gasteiger partial charge in [0, 0.05) is 25.6 Å². The second-order valence-electron chi connectivity index (χ2n) is 6.79. The standard InChI is InChI=1S/C20H22N6O3/c1-13-21-19(25-29-13)18(14-7-3-4-8-16(14)28-2)22-20(27)15-9-10-17(24-23-15)26-11-5-6-12-26/h3-4,7-10,18H,5-6,11-12H2,1-2H3,(H,22,27). The first-order chi connectivity index (χ1) is 14.2. The van der Waals surface area contributed by atoms with Gasteiger partial charge in [0.1, 0.15) is 11.8 Å². The Morgan fingerprint density at radius 2 is 1.97 bits per heavy atom. The Morgan fingerprint density at radius 1 is 1.17 bits per heavy atom. The van der Waals surface area contributed by atoms with E-state index in [0.29, 0.717) is 23.0 Å². The van der Waals surface area contributed by atoms with Gasteiger partial charge < -0.3 is 19.5 Å². The minimum atomic E-state index is -0.656. The van der Waals surface area contributed by atoms with Crippen LogP contribution in [0.5, 0.6) is 5.75 Å². The first kappa shape index (κ1) is 18.9. The van der Waals surface area contributed by atoms with E-state index in [-0.39, 0.29) is 11.6 Å². The first-order valence-corrected chi connectivity index (χ1v) is 9.48. The number of aryl methyl sites for hydroxylation is 1. The average Bonchev–Trinajstić information content (AvgIpc) is 3.44. The summed E-state index contributed by atoms with van der Waals surface area (Å²) < 4.78 is 10.6. The van der Waals surface area contributed by atoms with Crippen LogP contribution in [0.25, 0.3) is 0 Å². The Hall–Kier alpha value is -3.49. The topological polar surface area (TPSA) is 106 Å². The quantitative estimate of drug-likeness (QED) is 0.679. The van der Waals surface area contributed by atoms with Crippen molar-refractivity contribution in [2.45, 2.75) is 25.8 Å². The molecule has 1 saturated heterocycles. The number of benzene rings is 1. The summed E-state index contributed by atoms with van der Waals surface area (Å²) in [4.78, 5) is 19.3. The third kappa shape index (κ3) is 4.03. The number of hydrogen-bond acceptors (Lipinski definition) is 8. The van der Waals surface area contributed by atoms with Gasteiger partial charge in [-0.15, -0.1) is 10.2 Å². The molecule has 4 rings (SSSR count). The number of hydrogen-bond donors (Lipinski definition) is 1. The van der Waals surface area contributed by atoms with Crippen molar-refractivity contribution in [3.8, 4) is 5.75 Å². The number of rotatable bonds is 6. The molecule has 150 valence electrons. The minimum Gasteiger partial charge on any atom is -0.496 e. The van der Waals surface area contributed by atoms with Crippen LogP contribution in [0, 0.1) is 6.92 Å². The van der Waals surface area contributed by atoms with Crippen molar-refractivity contribution in [1.82, 2.24) is 25.7 Å². The number of aromatic nitrogens is 4. The maximum Gasteiger partial charge on any atom is 0.272 e. The number of amides is 1. The minimum absolute atomic E-state index is 0.216. The van der Waals surface area contributed by atoms with E-state index < -0.39 is 6.04 Å². The van der Waals surface area contributed by atoms with E-state index in [1.165, 1.54) is 0 Å². The van der Waals surface area contributed by atoms with Crippen LogP contribution in [0.4, 0.5) is 5.82 Å². The molecule has 1 aliphatic heterocycles. The van der Waals surface area contributed by atoms with Gasteiger partial charge >= 0.3 is 0 Å². The van der Waals surface area contributed by atoms with Gasteiger partial charge in [-0.25, -0.2) is 0 Å². The Morgan fingerprint density at radius 3 is 2.62 bits per heavy atom. The summed E-state index contributed by atoms with van der Waals surface area (Å²) in [6.07, 6.45) is 2.29. The Balaban J connectivity index is 1.59. The lowest BCUT2D eigenvalue weighted by Gasteiger charge is -2.18. The molecule has 1 amide bonds. The first-order valence-electron chi connectivity index (χ1n) is 9.48. The van der Waals surface area contributed by atoms with E-state index in [4.69, 9.17) is 9.26 Å². The molecule has 1 aliphatic rings. The molecule has 3 aromatic rings. The van der Waals surface area contributed by atoms with E-state index in [0.717, 1.165) is 31.7 Å². The van der Waals surface area contributed by atoms with Crippen molar-refractivity contribution in [2.24, 2.45) is 0 Å². The van der Waals surface area contributed by atoms with Gasteiger partial charge in [0.05, 0.1) is 7.11 Å². The third-order valence-electron chi connectivity index (χ3n) is 4.84. The zero-order chi connectivity index (χ0) is 20.2. The molecular formula is C20H22N6O3. The fourth-order valence-electron chi connectivity index (χ4n) is 3.38. The molecular weight excluding hydrogens is 372 g/mol. The summed E-state index contributed by atoms with van der Waals surface area (Å²) in [5.41, 5.74) is 0.929. The summed E-state index contributed by atoms with van der Waals surface area (Å²) in [6.45, 7) is 3.63. The largest absolute Gasteiger partial charge is 0.496 e. The van der Waals surface area contributed by atoms with Crippen LogP contribution in [-0.4, -0.2) is 46.4 Å². The second-order valence-corrected chi connectivity index (χ2v) is 6.79. The number of methoxy groups -OCH3 is 1. The molecule has 0 aliphatic carbocycles. The van der Waals surface area contributed by atoms with Crippen molar-refractivity contribution < 1.29 is 14.1 Å². The molecule has 0 spiro atoms. The summed E-state index contributed by atoms with van der Waals surface area (Å²) in [6, 6.07) is 10.2. The predicted molar refractivity (Wildman–Crippen MR) is 105 cm³/mol. The van der Waals surface area contributed by atoms with Gasteiger partial charge in [-0.3, -0.25) is 4.79 Å². The van der Waals surface area contributed by atoms with Crippen molar-refractivity contribution in [1.29, 1.82) is 0 Å². The van der Waals surface area contributed by atoms with Crippen LogP contribution < -0.4 is 15.0 Å². The maximum atomic E-state index is 12.9. The summed E-state index contributed by atoms with van der Waals surface area (Å²) in [5, 5.41) is 15.2. The summed E-state index contributed by atoms with van der Waals surface area (Å²) >= 11 is 0. The van der Waals surface area contributed by atoms with E-state index in [1.54, 1.807) is 20.1 Å². The molecule has 9 nitrogen and oxygen atoms in total. The van der Waals surface area contributed by atoms with Crippen molar-refractivity contribution in [3.05, 3.63) is 59.4 Å². The average molecular weight is 394 g/mol. The van der Waals surface area contributed by atoms with Gasteiger partial charge in [0.25, 0.3) is 5.91 Å². The molecule has 1 unspecified atom stereocenters. The molecule has 1 N–H and O–H groups in total. The highest BCUT2D eigenvalue weighted by Crippen LogP contribution is 2.29. The predicted octanol–water partition coefficient (Wildman–Crippen LogP) is 2.30. The molecule has 1 aromatic carbocycles. The Kier molecular flexibility index (Phi) is 5.37. The molecule has 29 heavy (non-hydrogen) atoms. The molecule has 1 atom stereocenters. The highest BCUT2D eigenvalue weighted by atomic mass is 16.5. The lowest BCUT2D eigenvalue weighted by atomic mass is 10.0. The van der Waals surface area contributed by atoms with Crippen LogP contribution in [0.1, 0.15) is 46.7 Å². The monoisotopic (exact) mass is 394 g/mol. The molecule has 0 bridgehead atoms. The van der Waals surface area contributed by atoms with Crippen molar-refractivity contribution in [3.63, 3.8) is 0 Å². The van der Waals surface area contributed by atoms with Crippen molar-refractivity contribution >= 4 is 11.7 Å². The molecule has 0 saturated carbocycles. The summed E-state index contributed by atoms with van der Waals surface area (Å²) in [7, 11) is 1.57. The molecule has 3 heterocycles. The van der Waals surface area contributed by atoms with E-state index in [1.807, 2.05) is 30.3 Å². The molecule has 2 aromatic heterocycles. The van der Waals surface area contributed by atoms with E-state index >= 15 is 0 Å². The number of nitrogens with one attached hydrogen (secondary N) is 1. The fraction of sp³-hybridized carbons (Fsp3) is 0.350. The maximum absolute atomic E-state index is 12.9.